The molecule has 2 N–H and O–H groups in total. The fourth-order valence-electron chi connectivity index (χ4n) is 3.22. The van der Waals surface area contributed by atoms with Gasteiger partial charge in [0.2, 0.25) is 6.41 Å². The number of hydrogen-bond acceptors (Lipinski definition) is 5. The predicted octanol–water partition coefficient (Wildman–Crippen LogP) is 5.22. The summed E-state index contributed by atoms with van der Waals surface area (Å²) >= 11 is 1.71. The van der Waals surface area contributed by atoms with Gasteiger partial charge >= 0.3 is 0 Å². The van der Waals surface area contributed by atoms with Crippen LogP contribution in [0.3, 0.4) is 0 Å². The number of rotatable bonds is 6. The minimum atomic E-state index is -0.509. The monoisotopic (exact) mass is 403 g/mol. The van der Waals surface area contributed by atoms with Crippen molar-refractivity contribution < 1.29 is 9.72 Å². The summed E-state index contributed by atoms with van der Waals surface area (Å²) < 4.78 is 1.25. The first-order chi connectivity index (χ1) is 14.0. The van der Waals surface area contributed by atoms with Crippen molar-refractivity contribution in [2.24, 2.45) is 0 Å². The standard InChI is InChI=1S/C22H17N3O3S/c23-20-7-6-19(25(27)28)12-21(20)24(14-26)13-15-1-3-16(4-2-15)17-5-8-22-18(11-17)9-10-29-22/h1-12,14H,13,23H2. The zero-order chi connectivity index (χ0) is 20.4. The maximum Gasteiger partial charge on any atom is 0.271 e. The number of nitro groups is 1. The normalized spacial score (nSPS) is 10.8. The molecular weight excluding hydrogens is 386 g/mol. The third kappa shape index (κ3) is 3.81. The third-order valence-corrected chi connectivity index (χ3v) is 5.65. The largest absolute Gasteiger partial charge is 0.397 e. The van der Waals surface area contributed by atoms with Crippen LogP contribution in [0.2, 0.25) is 0 Å². The molecule has 1 aromatic heterocycles. The summed E-state index contributed by atoms with van der Waals surface area (Å²) in [6.45, 7) is 0.263. The average Bonchev–Trinajstić information content (AvgIpc) is 3.21. The molecule has 0 aliphatic rings. The highest BCUT2D eigenvalue weighted by atomic mass is 32.1. The Labute approximate surface area is 171 Å². The smallest absolute Gasteiger partial charge is 0.271 e. The van der Waals surface area contributed by atoms with Crippen LogP contribution in [-0.4, -0.2) is 11.3 Å². The lowest BCUT2D eigenvalue weighted by atomic mass is 10.0. The Kier molecular flexibility index (Phi) is 4.97. The van der Waals surface area contributed by atoms with Crippen molar-refractivity contribution in [3.63, 3.8) is 0 Å². The van der Waals surface area contributed by atoms with E-state index in [1.807, 2.05) is 24.3 Å². The second-order valence-corrected chi connectivity index (χ2v) is 7.55. The number of carbonyl (C=O) groups excluding carboxylic acids is 1. The molecule has 0 atom stereocenters. The second-order valence-electron chi connectivity index (χ2n) is 6.60. The van der Waals surface area contributed by atoms with Gasteiger partial charge in [0.15, 0.2) is 0 Å². The quantitative estimate of drug-likeness (QED) is 0.207. The number of thiophene rings is 1. The van der Waals surface area contributed by atoms with E-state index in [-0.39, 0.29) is 12.2 Å². The Bertz CT molecular complexity index is 1200. The van der Waals surface area contributed by atoms with Crippen molar-refractivity contribution >= 4 is 44.9 Å². The molecular formula is C22H17N3O3S. The molecule has 0 aliphatic carbocycles. The van der Waals surface area contributed by atoms with E-state index in [0.717, 1.165) is 16.7 Å². The van der Waals surface area contributed by atoms with Gasteiger partial charge in [-0.05, 0) is 51.7 Å². The van der Waals surface area contributed by atoms with E-state index in [1.54, 1.807) is 11.3 Å². The highest BCUT2D eigenvalue weighted by Gasteiger charge is 2.15. The number of hydrogen-bond donors (Lipinski definition) is 1. The fraction of sp³-hybridized carbons (Fsp3) is 0.0455. The number of carbonyl (C=O) groups is 1. The van der Waals surface area contributed by atoms with Gasteiger partial charge in [-0.2, -0.15) is 0 Å². The van der Waals surface area contributed by atoms with Gasteiger partial charge in [-0.25, -0.2) is 0 Å². The first-order valence-electron chi connectivity index (χ1n) is 8.87. The number of fused-ring (bicyclic) bond motifs is 1. The van der Waals surface area contributed by atoms with E-state index in [2.05, 4.69) is 29.6 Å². The predicted molar refractivity (Wildman–Crippen MR) is 117 cm³/mol. The molecule has 0 radical (unpaired) electrons. The van der Waals surface area contributed by atoms with Crippen LogP contribution in [-0.2, 0) is 11.3 Å². The first-order valence-corrected chi connectivity index (χ1v) is 9.75. The van der Waals surface area contributed by atoms with Crippen LogP contribution in [0, 0.1) is 10.1 Å². The van der Waals surface area contributed by atoms with Crippen LogP contribution in [0.25, 0.3) is 21.2 Å². The molecule has 29 heavy (non-hydrogen) atoms. The molecule has 0 saturated carbocycles. The van der Waals surface area contributed by atoms with E-state index in [4.69, 9.17) is 5.73 Å². The summed E-state index contributed by atoms with van der Waals surface area (Å²) in [6, 6.07) is 20.4. The lowest BCUT2D eigenvalue weighted by molar-refractivity contribution is -0.384. The summed E-state index contributed by atoms with van der Waals surface area (Å²) in [6.07, 6.45) is 0.633. The molecule has 0 saturated heterocycles. The molecule has 4 aromatic rings. The van der Waals surface area contributed by atoms with Gasteiger partial charge < -0.3 is 10.6 Å². The highest BCUT2D eigenvalue weighted by molar-refractivity contribution is 7.17. The van der Waals surface area contributed by atoms with Gasteiger partial charge in [0.1, 0.15) is 0 Å². The van der Waals surface area contributed by atoms with Gasteiger partial charge in [0.05, 0.1) is 22.8 Å². The molecule has 0 unspecified atom stereocenters. The van der Waals surface area contributed by atoms with Crippen LogP contribution in [0.4, 0.5) is 17.1 Å². The Morgan fingerprint density at radius 1 is 1.00 bits per heavy atom. The summed E-state index contributed by atoms with van der Waals surface area (Å²) in [5.74, 6) is 0. The van der Waals surface area contributed by atoms with Crippen LogP contribution in [0.5, 0.6) is 0 Å². The van der Waals surface area contributed by atoms with Crippen molar-refractivity contribution in [2.75, 3.05) is 10.6 Å². The Hall–Kier alpha value is -3.71. The second kappa shape index (κ2) is 7.73. The first kappa shape index (κ1) is 18.6. The van der Waals surface area contributed by atoms with Gasteiger partial charge in [0.25, 0.3) is 5.69 Å². The average molecular weight is 403 g/mol. The van der Waals surface area contributed by atoms with Crippen LogP contribution in [0.15, 0.2) is 72.1 Å². The number of nitrogen functional groups attached to an aromatic ring is 1. The molecule has 7 heteroatoms. The molecule has 1 heterocycles. The van der Waals surface area contributed by atoms with Crippen molar-refractivity contribution in [1.82, 2.24) is 0 Å². The van der Waals surface area contributed by atoms with Crippen molar-refractivity contribution in [3.8, 4) is 11.1 Å². The fourth-order valence-corrected chi connectivity index (χ4v) is 3.99. The SMILES string of the molecule is Nc1ccc([N+](=O)[O-])cc1N(C=O)Cc1ccc(-c2ccc3sccc3c2)cc1. The molecule has 0 spiro atoms. The number of nitrogens with two attached hydrogens (primary N) is 1. The van der Waals surface area contributed by atoms with E-state index in [1.165, 1.54) is 33.2 Å². The molecule has 0 fully saturated rings. The lowest BCUT2D eigenvalue weighted by Gasteiger charge is -2.19. The number of non-ortho nitro benzene ring substituents is 1. The van der Waals surface area contributed by atoms with Crippen molar-refractivity contribution in [1.29, 1.82) is 0 Å². The van der Waals surface area contributed by atoms with E-state index >= 15 is 0 Å². The molecule has 1 amide bonds. The van der Waals surface area contributed by atoms with Crippen molar-refractivity contribution in [2.45, 2.75) is 6.54 Å². The number of nitrogens with zero attached hydrogens (tertiary/aromatic N) is 2. The zero-order valence-electron chi connectivity index (χ0n) is 15.3. The van der Waals surface area contributed by atoms with Crippen LogP contribution in [0.1, 0.15) is 5.56 Å². The Balaban J connectivity index is 1.58. The molecule has 144 valence electrons. The summed E-state index contributed by atoms with van der Waals surface area (Å²) in [5, 5.41) is 14.3. The molecule has 4 rings (SSSR count). The van der Waals surface area contributed by atoms with Gasteiger partial charge in [0, 0.05) is 16.8 Å². The highest BCUT2D eigenvalue weighted by Crippen LogP contribution is 2.30. The number of anilines is 2. The van der Waals surface area contributed by atoms with Crippen LogP contribution < -0.4 is 10.6 Å². The van der Waals surface area contributed by atoms with Crippen molar-refractivity contribution in [3.05, 3.63) is 87.8 Å². The molecule has 0 bridgehead atoms. The summed E-state index contributed by atoms with van der Waals surface area (Å²) in [5.41, 5.74) is 9.55. The Morgan fingerprint density at radius 3 is 2.48 bits per heavy atom. The maximum atomic E-state index is 11.6. The molecule has 6 nitrogen and oxygen atoms in total. The molecule has 3 aromatic carbocycles. The molecule has 0 aliphatic heterocycles. The number of nitro benzene ring substituents is 1. The van der Waals surface area contributed by atoms with Gasteiger partial charge in [-0.3, -0.25) is 14.9 Å². The summed E-state index contributed by atoms with van der Waals surface area (Å²) in [4.78, 5) is 23.5. The van der Waals surface area contributed by atoms with E-state index < -0.39 is 4.92 Å². The third-order valence-electron chi connectivity index (χ3n) is 4.75. The van der Waals surface area contributed by atoms with E-state index in [0.29, 0.717) is 17.8 Å². The number of amides is 1. The minimum Gasteiger partial charge on any atom is -0.397 e. The topological polar surface area (TPSA) is 89.5 Å². The lowest BCUT2D eigenvalue weighted by Crippen LogP contribution is -2.21. The Morgan fingerprint density at radius 2 is 1.76 bits per heavy atom. The van der Waals surface area contributed by atoms with Gasteiger partial charge in [-0.15, -0.1) is 11.3 Å². The number of benzene rings is 3. The minimum absolute atomic E-state index is 0.111. The van der Waals surface area contributed by atoms with Crippen LogP contribution >= 0.6 is 11.3 Å². The van der Waals surface area contributed by atoms with Gasteiger partial charge in [-0.1, -0.05) is 30.3 Å². The zero-order valence-corrected chi connectivity index (χ0v) is 16.1. The summed E-state index contributed by atoms with van der Waals surface area (Å²) in [7, 11) is 0. The van der Waals surface area contributed by atoms with E-state index in [9.17, 15) is 14.9 Å². The maximum absolute atomic E-state index is 11.6.